The maximum Gasteiger partial charge on any atom is 0.397 e. The van der Waals surface area contributed by atoms with E-state index in [0.717, 1.165) is 12.1 Å². The Hall–Kier alpha value is -2.53. The van der Waals surface area contributed by atoms with Crippen LogP contribution in [0.3, 0.4) is 0 Å². The van der Waals surface area contributed by atoms with Crippen LogP contribution in [0.1, 0.15) is 20.8 Å². The first-order valence-corrected chi connectivity index (χ1v) is 11.2. The van der Waals surface area contributed by atoms with Gasteiger partial charge in [-0.25, -0.2) is 17.9 Å². The molecule has 0 heterocycles. The number of nitrogens with one attached hydrogen (secondary N) is 2. The molecule has 0 saturated heterocycles. The van der Waals surface area contributed by atoms with E-state index in [4.69, 9.17) is 27.9 Å². The maximum atomic E-state index is 12.4. The highest BCUT2D eigenvalue weighted by molar-refractivity contribution is 7.89. The summed E-state index contributed by atoms with van der Waals surface area (Å²) in [6, 6.07) is 5.78. The van der Waals surface area contributed by atoms with Crippen LogP contribution in [0.5, 0.6) is 17.2 Å². The molecular formula is C19H20Cl2N2O7S. The van der Waals surface area contributed by atoms with Gasteiger partial charge in [0.1, 0.15) is 16.4 Å². The van der Waals surface area contributed by atoms with Crippen LogP contribution in [0.15, 0.2) is 35.2 Å². The number of phenolic OH excluding ortho intramolecular Hbond substituents is 1. The summed E-state index contributed by atoms with van der Waals surface area (Å²) in [7, 11) is -4.00. The molecule has 0 aliphatic carbocycles. The average molecular weight is 491 g/mol. The highest BCUT2D eigenvalue weighted by atomic mass is 35.5. The molecule has 3 N–H and O–H groups in total. The number of halogens is 2. The monoisotopic (exact) mass is 490 g/mol. The highest BCUT2D eigenvalue weighted by Crippen LogP contribution is 2.40. The van der Waals surface area contributed by atoms with E-state index in [-0.39, 0.29) is 38.7 Å². The van der Waals surface area contributed by atoms with Crippen LogP contribution >= 0.6 is 23.2 Å². The second-order valence-electron chi connectivity index (χ2n) is 6.45. The number of aromatic hydroxyl groups is 1. The summed E-state index contributed by atoms with van der Waals surface area (Å²) in [4.78, 5) is 22.8. The molecule has 1 amide bonds. The lowest BCUT2D eigenvalue weighted by Gasteiger charge is -2.14. The number of phenols is 1. The molecule has 12 heteroatoms. The van der Waals surface area contributed by atoms with Gasteiger partial charge in [0.15, 0.2) is 5.75 Å². The van der Waals surface area contributed by atoms with Gasteiger partial charge in [-0.05, 0) is 45.0 Å². The minimum absolute atomic E-state index is 0.0237. The third-order valence-corrected chi connectivity index (χ3v) is 5.80. The van der Waals surface area contributed by atoms with E-state index in [1.54, 1.807) is 20.8 Å². The number of rotatable bonds is 7. The van der Waals surface area contributed by atoms with Crippen molar-refractivity contribution in [1.29, 1.82) is 0 Å². The van der Waals surface area contributed by atoms with E-state index < -0.39 is 33.7 Å². The quantitative estimate of drug-likeness (QED) is 0.398. The third kappa shape index (κ3) is 6.47. The largest absolute Gasteiger partial charge is 0.507 e. The van der Waals surface area contributed by atoms with E-state index in [0.29, 0.717) is 0 Å². The van der Waals surface area contributed by atoms with Crippen LogP contribution in [0, 0.1) is 0 Å². The van der Waals surface area contributed by atoms with Gasteiger partial charge in [-0.15, -0.1) is 0 Å². The molecule has 9 nitrogen and oxygen atoms in total. The van der Waals surface area contributed by atoms with Gasteiger partial charge in [0, 0.05) is 17.8 Å². The third-order valence-electron chi connectivity index (χ3n) is 3.55. The first-order valence-electron chi connectivity index (χ1n) is 8.95. The standard InChI is InChI=1S/C19H20Cl2N2O7S/c1-4-29-19(26)18(25)22-11-7-13(20)17(14(21)8-11)30-12-5-6-15(24)16(9-12)31(27,28)23-10(2)3/h5-10,23-24H,4H2,1-3H3,(H,22,25). The van der Waals surface area contributed by atoms with Gasteiger partial charge in [-0.1, -0.05) is 23.2 Å². The predicted octanol–water partition coefficient (Wildman–Crippen LogP) is 3.68. The molecule has 0 aliphatic rings. The first-order chi connectivity index (χ1) is 14.4. The number of carbonyl (C=O) groups is 2. The molecule has 2 aromatic rings. The Morgan fingerprint density at radius 2 is 1.74 bits per heavy atom. The number of hydrogen-bond acceptors (Lipinski definition) is 7. The smallest absolute Gasteiger partial charge is 0.397 e. The minimum Gasteiger partial charge on any atom is -0.507 e. The Morgan fingerprint density at radius 1 is 1.13 bits per heavy atom. The molecule has 0 saturated carbocycles. The number of sulfonamides is 1. The Balaban J connectivity index is 2.30. The topological polar surface area (TPSA) is 131 Å². The van der Waals surface area contributed by atoms with Crippen molar-refractivity contribution >= 4 is 50.8 Å². The summed E-state index contributed by atoms with van der Waals surface area (Å²) in [5.41, 5.74) is 0.121. The van der Waals surface area contributed by atoms with Crippen molar-refractivity contribution < 1.29 is 32.6 Å². The van der Waals surface area contributed by atoms with Crippen LogP contribution in [-0.2, 0) is 24.3 Å². The van der Waals surface area contributed by atoms with Crippen molar-refractivity contribution in [3.63, 3.8) is 0 Å². The fourth-order valence-corrected chi connectivity index (χ4v) is 4.30. The fourth-order valence-electron chi connectivity index (χ4n) is 2.37. The molecule has 31 heavy (non-hydrogen) atoms. The molecule has 0 bridgehead atoms. The van der Waals surface area contributed by atoms with Gasteiger partial charge >= 0.3 is 11.9 Å². The van der Waals surface area contributed by atoms with E-state index >= 15 is 0 Å². The molecule has 0 aromatic heterocycles. The summed E-state index contributed by atoms with van der Waals surface area (Å²) < 4.78 is 37.4. The van der Waals surface area contributed by atoms with E-state index in [1.165, 1.54) is 18.2 Å². The second kappa shape index (κ2) is 10.2. The van der Waals surface area contributed by atoms with Crippen LogP contribution < -0.4 is 14.8 Å². The Morgan fingerprint density at radius 3 is 2.29 bits per heavy atom. The zero-order valence-corrected chi connectivity index (χ0v) is 19.1. The van der Waals surface area contributed by atoms with Crippen LogP contribution in [-0.4, -0.2) is 38.0 Å². The second-order valence-corrected chi connectivity index (χ2v) is 8.95. The Labute approximate surface area is 189 Å². The summed E-state index contributed by atoms with van der Waals surface area (Å²) in [6.45, 7) is 4.87. The summed E-state index contributed by atoms with van der Waals surface area (Å²) in [5, 5.41) is 12.2. The van der Waals surface area contributed by atoms with E-state index in [9.17, 15) is 23.1 Å². The highest BCUT2D eigenvalue weighted by Gasteiger charge is 2.22. The lowest BCUT2D eigenvalue weighted by molar-refractivity contribution is -0.152. The van der Waals surface area contributed by atoms with Gasteiger partial charge < -0.3 is 19.9 Å². The number of amides is 1. The molecule has 0 radical (unpaired) electrons. The van der Waals surface area contributed by atoms with Gasteiger partial charge in [-0.3, -0.25) is 4.79 Å². The van der Waals surface area contributed by atoms with Crippen molar-refractivity contribution in [3.05, 3.63) is 40.4 Å². The molecule has 0 spiro atoms. The summed E-state index contributed by atoms with van der Waals surface area (Å²) in [5.74, 6) is -2.52. The number of ether oxygens (including phenoxy) is 2. The number of hydrogen-bond donors (Lipinski definition) is 3. The van der Waals surface area contributed by atoms with Crippen molar-refractivity contribution in [2.24, 2.45) is 0 Å². The first kappa shape index (κ1) is 24.7. The van der Waals surface area contributed by atoms with Crippen LogP contribution in [0.4, 0.5) is 5.69 Å². The van der Waals surface area contributed by atoms with E-state index in [2.05, 4.69) is 14.8 Å². The molecule has 0 unspecified atom stereocenters. The van der Waals surface area contributed by atoms with Crippen molar-refractivity contribution in [1.82, 2.24) is 4.72 Å². The summed E-state index contributed by atoms with van der Waals surface area (Å²) in [6.07, 6.45) is 0. The molecule has 0 fully saturated rings. The molecule has 2 rings (SSSR count). The van der Waals surface area contributed by atoms with Gasteiger partial charge in [0.25, 0.3) is 0 Å². The molecule has 0 aliphatic heterocycles. The molecule has 2 aromatic carbocycles. The van der Waals surface area contributed by atoms with Crippen LogP contribution in [0.2, 0.25) is 10.0 Å². The number of anilines is 1. The Bertz CT molecular complexity index is 1080. The number of esters is 1. The number of carbonyl (C=O) groups excluding carboxylic acids is 2. The Kier molecular flexibility index (Phi) is 8.13. The maximum absolute atomic E-state index is 12.4. The SMILES string of the molecule is CCOC(=O)C(=O)Nc1cc(Cl)c(Oc2ccc(O)c(S(=O)(=O)NC(C)C)c2)c(Cl)c1. The van der Waals surface area contributed by atoms with E-state index in [1.807, 2.05) is 0 Å². The number of benzene rings is 2. The fraction of sp³-hybridized carbons (Fsp3) is 0.263. The average Bonchev–Trinajstić information content (AvgIpc) is 2.65. The zero-order valence-electron chi connectivity index (χ0n) is 16.7. The lowest BCUT2D eigenvalue weighted by atomic mass is 10.2. The normalized spacial score (nSPS) is 11.3. The lowest BCUT2D eigenvalue weighted by Crippen LogP contribution is -2.30. The minimum atomic E-state index is -4.00. The van der Waals surface area contributed by atoms with Gasteiger partial charge in [0.2, 0.25) is 10.0 Å². The molecule has 168 valence electrons. The van der Waals surface area contributed by atoms with Crippen molar-refractivity contribution in [2.45, 2.75) is 31.7 Å². The summed E-state index contributed by atoms with van der Waals surface area (Å²) >= 11 is 12.4. The van der Waals surface area contributed by atoms with Crippen LogP contribution in [0.25, 0.3) is 0 Å². The molecular weight excluding hydrogens is 471 g/mol. The predicted molar refractivity (Wildman–Crippen MR) is 115 cm³/mol. The van der Waals surface area contributed by atoms with Gasteiger partial charge in [-0.2, -0.15) is 0 Å². The zero-order chi connectivity index (χ0) is 23.3. The molecule has 0 atom stereocenters. The van der Waals surface area contributed by atoms with Gasteiger partial charge in [0.05, 0.1) is 16.7 Å². The van der Waals surface area contributed by atoms with Crippen molar-refractivity contribution in [2.75, 3.05) is 11.9 Å². The van der Waals surface area contributed by atoms with Crippen molar-refractivity contribution in [3.8, 4) is 17.2 Å².